The number of nitrogens with one attached hydrogen (secondary N) is 1. The maximum absolute atomic E-state index is 11.8. The first-order valence-electron chi connectivity index (χ1n) is 6.80. The highest BCUT2D eigenvalue weighted by atomic mass is 16.5. The summed E-state index contributed by atoms with van der Waals surface area (Å²) in [6.45, 7) is 2.35. The lowest BCUT2D eigenvalue weighted by molar-refractivity contribution is 0.0527. The average Bonchev–Trinajstić information content (AvgIpc) is 2.54. The van der Waals surface area contributed by atoms with Crippen molar-refractivity contribution in [3.05, 3.63) is 59.9 Å². The summed E-state index contributed by atoms with van der Waals surface area (Å²) in [7, 11) is 0. The van der Waals surface area contributed by atoms with Crippen LogP contribution in [0, 0.1) is 0 Å². The number of aromatic nitrogens is 1. The van der Waals surface area contributed by atoms with Crippen LogP contribution in [0.2, 0.25) is 0 Å². The maximum atomic E-state index is 11.8. The van der Waals surface area contributed by atoms with E-state index in [9.17, 15) is 9.90 Å². The molecule has 0 saturated carbocycles. The van der Waals surface area contributed by atoms with Gasteiger partial charge in [0.25, 0.3) is 0 Å². The Morgan fingerprint density at radius 1 is 1.33 bits per heavy atom. The Kier molecular flexibility index (Phi) is 5.29. The summed E-state index contributed by atoms with van der Waals surface area (Å²) in [4.78, 5) is 15.7. The summed E-state index contributed by atoms with van der Waals surface area (Å²) in [6, 6.07) is 11.0. The molecule has 110 valence electrons. The number of benzene rings is 1. The minimum Gasteiger partial charge on any atom is -0.462 e. The smallest absolute Gasteiger partial charge is 0.341 e. The first kappa shape index (κ1) is 15.0. The van der Waals surface area contributed by atoms with Crippen LogP contribution in [0.5, 0.6) is 0 Å². The zero-order chi connectivity index (χ0) is 15.1. The molecule has 1 atom stereocenters. The number of aliphatic hydroxyl groups is 1. The van der Waals surface area contributed by atoms with Crippen LogP contribution in [0.15, 0.2) is 48.8 Å². The number of carbonyl (C=O) groups excluding carboxylic acids is 1. The van der Waals surface area contributed by atoms with Crippen molar-refractivity contribution < 1.29 is 14.6 Å². The van der Waals surface area contributed by atoms with Gasteiger partial charge in [0.15, 0.2) is 0 Å². The number of rotatable bonds is 6. The van der Waals surface area contributed by atoms with Crippen LogP contribution in [0.25, 0.3) is 0 Å². The molecule has 2 N–H and O–H groups in total. The quantitative estimate of drug-likeness (QED) is 0.798. The van der Waals surface area contributed by atoms with E-state index in [1.54, 1.807) is 19.2 Å². The van der Waals surface area contributed by atoms with E-state index in [4.69, 9.17) is 4.74 Å². The first-order chi connectivity index (χ1) is 10.2. The molecule has 1 aromatic heterocycles. The molecule has 21 heavy (non-hydrogen) atoms. The lowest BCUT2D eigenvalue weighted by Gasteiger charge is -2.15. The minimum absolute atomic E-state index is 0.292. The molecule has 0 unspecified atom stereocenters. The molecule has 0 amide bonds. The Morgan fingerprint density at radius 3 is 2.81 bits per heavy atom. The van der Waals surface area contributed by atoms with Gasteiger partial charge in [0.2, 0.25) is 0 Å². The van der Waals surface area contributed by atoms with Crippen LogP contribution in [0.3, 0.4) is 0 Å². The molecule has 2 aromatic rings. The molecule has 2 rings (SSSR count). The average molecular weight is 286 g/mol. The highest BCUT2D eigenvalue weighted by Crippen LogP contribution is 2.18. The van der Waals surface area contributed by atoms with Gasteiger partial charge in [-0.3, -0.25) is 4.98 Å². The van der Waals surface area contributed by atoms with Gasteiger partial charge in [-0.05, 0) is 18.6 Å². The molecule has 1 aromatic carbocycles. The molecule has 0 radical (unpaired) electrons. The fourth-order valence-electron chi connectivity index (χ4n) is 1.92. The largest absolute Gasteiger partial charge is 0.462 e. The van der Waals surface area contributed by atoms with Gasteiger partial charge in [-0.2, -0.15) is 0 Å². The number of pyridine rings is 1. The zero-order valence-corrected chi connectivity index (χ0v) is 11.8. The Bertz CT molecular complexity index is 587. The fraction of sp³-hybridized carbons (Fsp3) is 0.250. The molecule has 1 heterocycles. The van der Waals surface area contributed by atoms with Crippen molar-refractivity contribution in [2.45, 2.75) is 13.0 Å². The third kappa shape index (κ3) is 4.03. The lowest BCUT2D eigenvalue weighted by atomic mass is 10.1. The molecule has 5 nitrogen and oxygen atoms in total. The van der Waals surface area contributed by atoms with Crippen molar-refractivity contribution in [3.8, 4) is 0 Å². The Labute approximate surface area is 123 Å². The molecule has 0 bridgehead atoms. The summed E-state index contributed by atoms with van der Waals surface area (Å²) in [5, 5.41) is 13.2. The highest BCUT2D eigenvalue weighted by molar-refractivity contribution is 5.95. The van der Waals surface area contributed by atoms with Gasteiger partial charge in [0.05, 0.1) is 18.4 Å². The molecule has 0 aliphatic rings. The molecule has 5 heteroatoms. The summed E-state index contributed by atoms with van der Waals surface area (Å²) in [5.41, 5.74) is 1.77. The summed E-state index contributed by atoms with van der Waals surface area (Å²) >= 11 is 0. The summed E-state index contributed by atoms with van der Waals surface area (Å²) in [5.74, 6) is -0.428. The number of esters is 1. The standard InChI is InChI=1S/C16H18N2O3/c1-2-21-16(20)13-10-17-9-8-14(13)18-11-15(19)12-6-4-3-5-7-12/h3-10,15,19H,2,11H2,1H3,(H,17,18)/t15-/m0/s1. The van der Waals surface area contributed by atoms with E-state index in [1.165, 1.54) is 6.20 Å². The van der Waals surface area contributed by atoms with Gasteiger partial charge in [0.1, 0.15) is 5.56 Å². The van der Waals surface area contributed by atoms with Gasteiger partial charge in [-0.25, -0.2) is 4.79 Å². The predicted octanol–water partition coefficient (Wildman–Crippen LogP) is 2.40. The van der Waals surface area contributed by atoms with Gasteiger partial charge in [0, 0.05) is 18.9 Å². The zero-order valence-electron chi connectivity index (χ0n) is 11.8. The van der Waals surface area contributed by atoms with E-state index in [1.807, 2.05) is 30.3 Å². The molecular weight excluding hydrogens is 268 g/mol. The Morgan fingerprint density at radius 2 is 2.10 bits per heavy atom. The van der Waals surface area contributed by atoms with Crippen molar-refractivity contribution in [1.29, 1.82) is 0 Å². The monoisotopic (exact) mass is 286 g/mol. The number of hydrogen-bond acceptors (Lipinski definition) is 5. The predicted molar refractivity (Wildman–Crippen MR) is 80.1 cm³/mol. The summed E-state index contributed by atoms with van der Waals surface area (Å²) in [6.07, 6.45) is 2.38. The summed E-state index contributed by atoms with van der Waals surface area (Å²) < 4.78 is 4.98. The van der Waals surface area contributed by atoms with Gasteiger partial charge in [-0.1, -0.05) is 30.3 Å². The van der Waals surface area contributed by atoms with Crippen LogP contribution in [0.1, 0.15) is 28.9 Å². The van der Waals surface area contributed by atoms with Crippen LogP contribution >= 0.6 is 0 Å². The van der Waals surface area contributed by atoms with Gasteiger partial charge >= 0.3 is 5.97 Å². The van der Waals surface area contributed by atoms with E-state index in [0.29, 0.717) is 24.4 Å². The number of aliphatic hydroxyl groups excluding tert-OH is 1. The fourth-order valence-corrected chi connectivity index (χ4v) is 1.92. The van der Waals surface area contributed by atoms with Crippen LogP contribution in [-0.2, 0) is 4.74 Å². The number of anilines is 1. The maximum Gasteiger partial charge on any atom is 0.341 e. The van der Waals surface area contributed by atoms with Crippen LogP contribution in [-0.4, -0.2) is 29.2 Å². The molecule has 0 spiro atoms. The second kappa shape index (κ2) is 7.40. The molecular formula is C16H18N2O3. The van der Waals surface area contributed by atoms with Crippen LogP contribution < -0.4 is 5.32 Å². The molecule has 0 saturated heterocycles. The van der Waals surface area contributed by atoms with E-state index in [-0.39, 0.29) is 0 Å². The van der Waals surface area contributed by atoms with Gasteiger partial charge in [-0.15, -0.1) is 0 Å². The van der Waals surface area contributed by atoms with E-state index >= 15 is 0 Å². The Balaban J connectivity index is 2.05. The van der Waals surface area contributed by atoms with E-state index in [0.717, 1.165) is 5.56 Å². The topological polar surface area (TPSA) is 71.5 Å². The lowest BCUT2D eigenvalue weighted by Crippen LogP contribution is -2.15. The molecule has 0 aliphatic heterocycles. The third-order valence-corrected chi connectivity index (χ3v) is 2.99. The third-order valence-electron chi connectivity index (χ3n) is 2.99. The Hall–Kier alpha value is -2.40. The number of hydrogen-bond donors (Lipinski definition) is 2. The van der Waals surface area contributed by atoms with Crippen molar-refractivity contribution in [1.82, 2.24) is 4.98 Å². The minimum atomic E-state index is -0.658. The normalized spacial score (nSPS) is 11.7. The number of nitrogens with zero attached hydrogens (tertiary/aromatic N) is 1. The van der Waals surface area contributed by atoms with Crippen molar-refractivity contribution in [3.63, 3.8) is 0 Å². The number of carbonyl (C=O) groups is 1. The van der Waals surface area contributed by atoms with E-state index < -0.39 is 12.1 Å². The molecule has 0 aliphatic carbocycles. The first-order valence-corrected chi connectivity index (χ1v) is 6.80. The van der Waals surface area contributed by atoms with Crippen molar-refractivity contribution >= 4 is 11.7 Å². The van der Waals surface area contributed by atoms with Crippen LogP contribution in [0.4, 0.5) is 5.69 Å². The molecule has 0 fully saturated rings. The van der Waals surface area contributed by atoms with Crippen molar-refractivity contribution in [2.75, 3.05) is 18.5 Å². The second-order valence-corrected chi connectivity index (χ2v) is 4.45. The van der Waals surface area contributed by atoms with Gasteiger partial charge < -0.3 is 15.2 Å². The second-order valence-electron chi connectivity index (χ2n) is 4.45. The van der Waals surface area contributed by atoms with Crippen molar-refractivity contribution in [2.24, 2.45) is 0 Å². The number of ether oxygens (including phenoxy) is 1. The highest BCUT2D eigenvalue weighted by Gasteiger charge is 2.14. The SMILES string of the molecule is CCOC(=O)c1cnccc1NC[C@H](O)c1ccccc1. The van der Waals surface area contributed by atoms with E-state index in [2.05, 4.69) is 10.3 Å².